The fourth-order valence-electron chi connectivity index (χ4n) is 4.43. The molecule has 18 nitrogen and oxygen atoms in total. The first kappa shape index (κ1) is 33.2. The molecular formula is C24H37N11O7S2. The lowest BCUT2D eigenvalue weighted by atomic mass is 9.98. The Hall–Kier alpha value is -3.72. The molecule has 4 heterocycles. The molecule has 5 N–H and O–H groups in total. The Balaban J connectivity index is 1.43. The zero-order valence-electron chi connectivity index (χ0n) is 24.8. The van der Waals surface area contributed by atoms with Crippen LogP contribution >= 0.6 is 11.3 Å². The largest absolute Gasteiger partial charge is 0.392 e. The van der Waals surface area contributed by atoms with E-state index in [0.717, 1.165) is 43.8 Å². The highest BCUT2D eigenvalue weighted by atomic mass is 32.2. The van der Waals surface area contributed by atoms with Crippen molar-refractivity contribution in [2.24, 2.45) is 5.16 Å². The first-order valence-corrected chi connectivity index (χ1v) is 16.4. The summed E-state index contributed by atoms with van der Waals surface area (Å²) in [6.45, 7) is 6.30. The van der Waals surface area contributed by atoms with Gasteiger partial charge < -0.3 is 31.2 Å². The fraction of sp³-hybridized carbons (Fsp3) is 0.625. The van der Waals surface area contributed by atoms with Crippen LogP contribution in [0, 0.1) is 0 Å². The predicted octanol–water partition coefficient (Wildman–Crippen LogP) is -2.97. The quantitative estimate of drug-likeness (QED) is 0.0961. The van der Waals surface area contributed by atoms with Crippen LogP contribution in [-0.2, 0) is 42.3 Å². The van der Waals surface area contributed by atoms with Crippen molar-refractivity contribution in [1.29, 1.82) is 0 Å². The molecular weight excluding hydrogens is 618 g/mol. The molecule has 2 unspecified atom stereocenters. The number of rotatable bonds is 13. The van der Waals surface area contributed by atoms with Gasteiger partial charge in [0, 0.05) is 31.6 Å². The van der Waals surface area contributed by atoms with Gasteiger partial charge in [-0.15, -0.1) is 16.4 Å². The number of amides is 3. The van der Waals surface area contributed by atoms with E-state index in [-0.39, 0.29) is 42.1 Å². The summed E-state index contributed by atoms with van der Waals surface area (Å²) in [7, 11) is -1.96. The van der Waals surface area contributed by atoms with E-state index in [1.54, 1.807) is 13.8 Å². The van der Waals surface area contributed by atoms with Gasteiger partial charge in [0.15, 0.2) is 16.4 Å². The van der Waals surface area contributed by atoms with E-state index in [1.165, 1.54) is 16.3 Å². The standard InChI is InChI=1S/C24H37N11O7S2/c1-24(2,14-36)42-30-19(16-13-43-23(25)27-16)21(38)28-20-17(35(22(20)39)44(4,40)41)11-34-10-15(29-31-34)9-26-18(37)12-33-7-5-32(3)6-8-33/h10,13,17,20,36H,5-9,11-12,14H2,1-4H3,(H2,25,27)(H,26,37)(H,28,38)/b30-19-. The van der Waals surface area contributed by atoms with E-state index in [1.807, 2.05) is 7.05 Å². The normalized spacial score (nSPS) is 20.3. The van der Waals surface area contributed by atoms with Crippen molar-refractivity contribution in [3.05, 3.63) is 23.0 Å². The topological polar surface area (TPSA) is 231 Å². The maximum atomic E-state index is 13.3. The number of piperazine rings is 1. The minimum absolute atomic E-state index is 0.0672. The van der Waals surface area contributed by atoms with Crippen LogP contribution in [0.5, 0.6) is 0 Å². The summed E-state index contributed by atoms with van der Waals surface area (Å²) in [5, 5.41) is 28.3. The summed E-state index contributed by atoms with van der Waals surface area (Å²) in [4.78, 5) is 52.3. The summed E-state index contributed by atoms with van der Waals surface area (Å²) < 4.78 is 26.9. The van der Waals surface area contributed by atoms with E-state index < -0.39 is 46.1 Å². The average molecular weight is 656 g/mol. The monoisotopic (exact) mass is 655 g/mol. The molecule has 242 valence electrons. The number of sulfonamides is 1. The predicted molar refractivity (Wildman–Crippen MR) is 159 cm³/mol. The minimum Gasteiger partial charge on any atom is -0.392 e. The average Bonchev–Trinajstić information content (AvgIpc) is 3.59. The number of oxime groups is 1. The molecule has 0 bridgehead atoms. The number of carbonyl (C=O) groups is 3. The maximum absolute atomic E-state index is 13.3. The summed E-state index contributed by atoms with van der Waals surface area (Å²) >= 11 is 1.05. The molecule has 2 saturated heterocycles. The second-order valence-electron chi connectivity index (χ2n) is 11.2. The highest BCUT2D eigenvalue weighted by molar-refractivity contribution is 7.89. The van der Waals surface area contributed by atoms with Crippen molar-refractivity contribution in [3.8, 4) is 0 Å². The highest BCUT2D eigenvalue weighted by Gasteiger charge is 2.53. The van der Waals surface area contributed by atoms with Crippen LogP contribution in [0.3, 0.4) is 0 Å². The van der Waals surface area contributed by atoms with Crippen molar-refractivity contribution in [2.75, 3.05) is 58.4 Å². The van der Waals surface area contributed by atoms with Crippen LogP contribution in [0.1, 0.15) is 25.2 Å². The third-order valence-corrected chi connectivity index (χ3v) is 8.79. The van der Waals surface area contributed by atoms with Gasteiger partial charge >= 0.3 is 0 Å². The molecule has 20 heteroatoms. The number of nitrogens with zero attached hydrogens (tertiary/aromatic N) is 8. The summed E-state index contributed by atoms with van der Waals surface area (Å²) in [5.41, 5.74) is 4.75. The van der Waals surface area contributed by atoms with Crippen molar-refractivity contribution >= 4 is 49.9 Å². The first-order valence-electron chi connectivity index (χ1n) is 13.7. The Morgan fingerprint density at radius 2 is 1.98 bits per heavy atom. The van der Waals surface area contributed by atoms with Gasteiger partial charge in [-0.05, 0) is 20.9 Å². The molecule has 3 amide bonds. The number of hydrogen-bond donors (Lipinski definition) is 4. The number of aromatic nitrogens is 4. The molecule has 2 atom stereocenters. The van der Waals surface area contributed by atoms with Gasteiger partial charge in [0.1, 0.15) is 17.4 Å². The molecule has 0 aliphatic carbocycles. The molecule has 0 saturated carbocycles. The van der Waals surface area contributed by atoms with Crippen molar-refractivity contribution in [3.63, 3.8) is 0 Å². The molecule has 0 aromatic carbocycles. The van der Waals surface area contributed by atoms with E-state index in [9.17, 15) is 27.9 Å². The Kier molecular flexibility index (Phi) is 10.2. The van der Waals surface area contributed by atoms with Gasteiger partial charge in [0.05, 0.1) is 44.7 Å². The SMILES string of the molecule is CN1CCN(CC(=O)NCc2cn(CC3C(NC(=O)/C(=N\OC(C)(C)CO)c4csc(N)n4)C(=O)N3S(C)(=O)=O)nn2)CC1. The number of hydrogen-bond acceptors (Lipinski definition) is 15. The number of aliphatic hydroxyl groups excluding tert-OH is 1. The van der Waals surface area contributed by atoms with Gasteiger partial charge in [0.2, 0.25) is 15.9 Å². The molecule has 0 spiro atoms. The van der Waals surface area contributed by atoms with Crippen LogP contribution in [0.4, 0.5) is 5.13 Å². The molecule has 2 aromatic rings. The zero-order valence-corrected chi connectivity index (χ0v) is 26.5. The zero-order chi connectivity index (χ0) is 32.2. The van der Waals surface area contributed by atoms with E-state index in [4.69, 9.17) is 10.6 Å². The smallest absolute Gasteiger partial charge is 0.276 e. The lowest BCUT2D eigenvalue weighted by Gasteiger charge is -2.44. The molecule has 44 heavy (non-hydrogen) atoms. The van der Waals surface area contributed by atoms with E-state index >= 15 is 0 Å². The van der Waals surface area contributed by atoms with Crippen molar-refractivity contribution < 1.29 is 32.7 Å². The van der Waals surface area contributed by atoms with Gasteiger partial charge in [-0.25, -0.2) is 22.4 Å². The number of β-lactam (4-membered cyclic amide) rings is 1. The third kappa shape index (κ3) is 8.25. The number of carbonyl (C=O) groups excluding carboxylic acids is 3. The van der Waals surface area contributed by atoms with Crippen LogP contribution in [0.15, 0.2) is 16.7 Å². The fourth-order valence-corrected chi connectivity index (χ4v) is 6.10. The van der Waals surface area contributed by atoms with Gasteiger partial charge in [0.25, 0.3) is 11.8 Å². The number of nitrogens with two attached hydrogens (primary N) is 1. The van der Waals surface area contributed by atoms with Crippen molar-refractivity contribution in [2.45, 2.75) is 44.6 Å². The number of aliphatic hydroxyl groups is 1. The molecule has 4 rings (SSSR count). The molecule has 2 aliphatic heterocycles. The van der Waals surface area contributed by atoms with Crippen LogP contribution in [-0.4, -0.2) is 141 Å². The third-order valence-electron chi connectivity index (χ3n) is 6.95. The van der Waals surface area contributed by atoms with Crippen LogP contribution in [0.2, 0.25) is 0 Å². The maximum Gasteiger partial charge on any atom is 0.276 e. The van der Waals surface area contributed by atoms with E-state index in [0.29, 0.717) is 10.00 Å². The Labute approximate surface area is 258 Å². The van der Waals surface area contributed by atoms with Crippen LogP contribution in [0.25, 0.3) is 0 Å². The number of nitrogens with one attached hydrogen (secondary N) is 2. The van der Waals surface area contributed by atoms with Gasteiger partial charge in [-0.3, -0.25) is 19.3 Å². The number of thiazole rings is 1. The highest BCUT2D eigenvalue weighted by Crippen LogP contribution is 2.26. The molecule has 2 aliphatic rings. The summed E-state index contributed by atoms with van der Waals surface area (Å²) in [6, 6.07) is -2.31. The molecule has 2 fully saturated rings. The van der Waals surface area contributed by atoms with Crippen molar-refractivity contribution in [1.82, 2.24) is 44.7 Å². The molecule has 0 radical (unpaired) electrons. The minimum atomic E-state index is -3.99. The van der Waals surface area contributed by atoms with E-state index in [2.05, 4.69) is 40.9 Å². The van der Waals surface area contributed by atoms with Gasteiger partial charge in [-0.1, -0.05) is 10.4 Å². The Morgan fingerprint density at radius 3 is 2.59 bits per heavy atom. The second kappa shape index (κ2) is 13.5. The Morgan fingerprint density at radius 1 is 1.27 bits per heavy atom. The number of nitrogen functional groups attached to an aromatic ring is 1. The number of anilines is 1. The van der Waals surface area contributed by atoms with Crippen LogP contribution < -0.4 is 16.4 Å². The molecule has 2 aromatic heterocycles. The first-order chi connectivity index (χ1) is 20.7. The Bertz CT molecular complexity index is 1500. The lowest BCUT2D eigenvalue weighted by molar-refractivity contribution is -0.145. The summed E-state index contributed by atoms with van der Waals surface area (Å²) in [6.07, 6.45) is 2.41. The lowest BCUT2D eigenvalue weighted by Crippen LogP contribution is -2.73. The number of likely N-dealkylation sites (N-methyl/N-ethyl adjacent to an activating group) is 1. The second-order valence-corrected chi connectivity index (χ2v) is 14.0. The van der Waals surface area contributed by atoms with Gasteiger partial charge in [-0.2, -0.15) is 0 Å². The summed E-state index contributed by atoms with van der Waals surface area (Å²) in [5.74, 6) is -1.88.